The smallest absolute Gasteiger partial charge is 0.247 e. The largest absolute Gasteiger partial charge is 0.507 e. The first-order valence-electron chi connectivity index (χ1n) is 6.62. The highest BCUT2D eigenvalue weighted by molar-refractivity contribution is 5.97. The third-order valence-corrected chi connectivity index (χ3v) is 3.88. The Morgan fingerprint density at radius 3 is 2.50 bits per heavy atom. The van der Waals surface area contributed by atoms with Crippen LogP contribution in [0.15, 0.2) is 18.2 Å². The van der Waals surface area contributed by atoms with Crippen molar-refractivity contribution in [2.45, 2.75) is 26.3 Å². The highest BCUT2D eigenvalue weighted by Crippen LogP contribution is 2.32. The number of hydrogen-bond acceptors (Lipinski definition) is 4. The zero-order valence-corrected chi connectivity index (χ0v) is 12.3. The first-order chi connectivity index (χ1) is 9.25. The summed E-state index contributed by atoms with van der Waals surface area (Å²) in [6, 6.07) is 4.93. The molecule has 0 spiro atoms. The van der Waals surface area contributed by atoms with Crippen LogP contribution in [-0.4, -0.2) is 47.4 Å². The topological polar surface area (TPSA) is 60.9 Å². The molecule has 1 aliphatic heterocycles. The lowest BCUT2D eigenvalue weighted by Gasteiger charge is -2.46. The molecule has 1 aromatic carbocycles. The van der Waals surface area contributed by atoms with E-state index in [1.165, 1.54) is 6.92 Å². The van der Waals surface area contributed by atoms with Crippen LogP contribution in [0.4, 0.5) is 5.69 Å². The fourth-order valence-electron chi connectivity index (χ4n) is 2.65. The van der Waals surface area contributed by atoms with Crippen molar-refractivity contribution in [3.63, 3.8) is 0 Å². The monoisotopic (exact) mass is 276 g/mol. The van der Waals surface area contributed by atoms with Crippen LogP contribution in [0.1, 0.15) is 31.1 Å². The van der Waals surface area contributed by atoms with E-state index in [9.17, 15) is 14.7 Å². The molecule has 0 unspecified atom stereocenters. The van der Waals surface area contributed by atoms with E-state index in [4.69, 9.17) is 0 Å². The van der Waals surface area contributed by atoms with Gasteiger partial charge in [0.05, 0.1) is 5.56 Å². The second-order valence-corrected chi connectivity index (χ2v) is 5.70. The fourth-order valence-corrected chi connectivity index (χ4v) is 2.65. The van der Waals surface area contributed by atoms with Crippen molar-refractivity contribution in [3.8, 4) is 5.75 Å². The lowest BCUT2D eigenvalue weighted by Crippen LogP contribution is -2.62. The van der Waals surface area contributed by atoms with E-state index in [2.05, 4.69) is 0 Å². The summed E-state index contributed by atoms with van der Waals surface area (Å²) < 4.78 is 0. The summed E-state index contributed by atoms with van der Waals surface area (Å²) in [5, 5.41) is 9.94. The number of Topliss-reactive ketones (excluding diaryl/α,β-unsaturated/α-hetero) is 1. The first-order valence-corrected chi connectivity index (χ1v) is 6.62. The van der Waals surface area contributed by atoms with Gasteiger partial charge in [-0.15, -0.1) is 0 Å². The van der Waals surface area contributed by atoms with Gasteiger partial charge in [-0.2, -0.15) is 0 Å². The number of benzene rings is 1. The molecule has 1 saturated heterocycles. The Balaban J connectivity index is 2.39. The second kappa shape index (κ2) is 4.81. The van der Waals surface area contributed by atoms with E-state index >= 15 is 0 Å². The van der Waals surface area contributed by atoms with Crippen molar-refractivity contribution in [1.82, 2.24) is 4.90 Å². The van der Waals surface area contributed by atoms with Crippen LogP contribution in [0.5, 0.6) is 5.75 Å². The normalized spacial score (nSPS) is 18.3. The van der Waals surface area contributed by atoms with Gasteiger partial charge in [0.25, 0.3) is 0 Å². The highest BCUT2D eigenvalue weighted by atomic mass is 16.3. The quantitative estimate of drug-likeness (QED) is 0.834. The number of piperazine rings is 1. The van der Waals surface area contributed by atoms with Gasteiger partial charge in [0.1, 0.15) is 11.3 Å². The zero-order valence-electron chi connectivity index (χ0n) is 12.3. The summed E-state index contributed by atoms with van der Waals surface area (Å²) in [6.07, 6.45) is 0. The number of amides is 1. The van der Waals surface area contributed by atoms with Crippen LogP contribution in [0.3, 0.4) is 0 Å². The Morgan fingerprint density at radius 1 is 1.30 bits per heavy atom. The molecule has 20 heavy (non-hydrogen) atoms. The standard InChI is InChI=1S/C15H20N2O3/c1-10(18)12-6-5-11(9-13(12)19)17-8-7-16(4)14(20)15(17,2)3/h5-6,9,19H,7-8H2,1-4H3. The molecule has 1 amide bonds. The molecule has 1 heterocycles. The Labute approximate surface area is 118 Å². The van der Waals surface area contributed by atoms with Gasteiger partial charge in [0, 0.05) is 31.9 Å². The summed E-state index contributed by atoms with van der Waals surface area (Å²) in [5.41, 5.74) is 0.378. The molecule has 1 aromatic rings. The number of carbonyl (C=O) groups is 2. The van der Waals surface area contributed by atoms with Crippen molar-refractivity contribution < 1.29 is 14.7 Å². The average molecular weight is 276 g/mol. The van der Waals surface area contributed by atoms with Crippen molar-refractivity contribution in [2.75, 3.05) is 25.0 Å². The third kappa shape index (κ3) is 2.24. The van der Waals surface area contributed by atoms with Crippen LogP contribution in [-0.2, 0) is 4.79 Å². The van der Waals surface area contributed by atoms with E-state index in [0.29, 0.717) is 18.7 Å². The van der Waals surface area contributed by atoms with Crippen molar-refractivity contribution in [3.05, 3.63) is 23.8 Å². The zero-order chi connectivity index (χ0) is 15.1. The average Bonchev–Trinajstić information content (AvgIpc) is 2.35. The molecule has 5 nitrogen and oxygen atoms in total. The van der Waals surface area contributed by atoms with Crippen molar-refractivity contribution in [2.24, 2.45) is 0 Å². The highest BCUT2D eigenvalue weighted by Gasteiger charge is 2.40. The number of rotatable bonds is 2. The number of ketones is 1. The molecule has 0 bridgehead atoms. The Morgan fingerprint density at radius 2 is 1.95 bits per heavy atom. The fraction of sp³-hybridized carbons (Fsp3) is 0.467. The van der Waals surface area contributed by atoms with Crippen molar-refractivity contribution in [1.29, 1.82) is 0 Å². The minimum Gasteiger partial charge on any atom is -0.507 e. The van der Waals surface area contributed by atoms with Gasteiger partial charge in [0.2, 0.25) is 5.91 Å². The molecule has 2 rings (SSSR count). The Bertz CT molecular complexity index is 566. The van der Waals surface area contributed by atoms with E-state index in [1.807, 2.05) is 18.7 Å². The number of anilines is 1. The SMILES string of the molecule is CC(=O)c1ccc(N2CCN(C)C(=O)C2(C)C)cc1O. The Kier molecular flexibility index (Phi) is 3.46. The number of likely N-dealkylation sites (N-methyl/N-ethyl adjacent to an activating group) is 1. The molecule has 1 N–H and O–H groups in total. The third-order valence-electron chi connectivity index (χ3n) is 3.88. The van der Waals surface area contributed by atoms with Gasteiger partial charge in [-0.3, -0.25) is 9.59 Å². The number of carbonyl (C=O) groups excluding carboxylic acids is 2. The Hall–Kier alpha value is -2.04. The molecular weight excluding hydrogens is 256 g/mol. The maximum absolute atomic E-state index is 12.3. The number of aromatic hydroxyl groups is 1. The van der Waals surface area contributed by atoms with Gasteiger partial charge in [-0.25, -0.2) is 0 Å². The van der Waals surface area contributed by atoms with Crippen molar-refractivity contribution >= 4 is 17.4 Å². The van der Waals surface area contributed by atoms with Crippen LogP contribution in [0, 0.1) is 0 Å². The maximum Gasteiger partial charge on any atom is 0.247 e. The molecular formula is C15H20N2O3. The van der Waals surface area contributed by atoms with E-state index < -0.39 is 5.54 Å². The van der Waals surface area contributed by atoms with E-state index in [0.717, 1.165) is 5.69 Å². The summed E-state index contributed by atoms with van der Waals surface area (Å²) >= 11 is 0. The molecule has 1 fully saturated rings. The molecule has 0 radical (unpaired) electrons. The summed E-state index contributed by atoms with van der Waals surface area (Å²) in [6.45, 7) is 6.46. The lowest BCUT2D eigenvalue weighted by atomic mass is 9.96. The predicted molar refractivity (Wildman–Crippen MR) is 77.2 cm³/mol. The van der Waals surface area contributed by atoms with E-state index in [1.54, 1.807) is 30.1 Å². The van der Waals surface area contributed by atoms with Gasteiger partial charge >= 0.3 is 0 Å². The van der Waals surface area contributed by atoms with Gasteiger partial charge < -0.3 is 14.9 Å². The number of phenolic OH excluding ortho intramolecular Hbond substituents is 1. The minimum atomic E-state index is -0.669. The summed E-state index contributed by atoms with van der Waals surface area (Å²) in [4.78, 5) is 27.3. The molecule has 108 valence electrons. The molecule has 5 heteroatoms. The molecule has 0 aliphatic carbocycles. The number of nitrogens with zero attached hydrogens (tertiary/aromatic N) is 2. The first kappa shape index (κ1) is 14.4. The lowest BCUT2D eigenvalue weighted by molar-refractivity contribution is -0.136. The maximum atomic E-state index is 12.3. The van der Waals surface area contributed by atoms with E-state index in [-0.39, 0.29) is 17.4 Å². The summed E-state index contributed by atoms with van der Waals surface area (Å²) in [7, 11) is 1.79. The molecule has 0 saturated carbocycles. The molecule has 0 atom stereocenters. The molecule has 0 aromatic heterocycles. The number of hydrogen-bond donors (Lipinski definition) is 1. The van der Waals surface area contributed by atoms with Gasteiger partial charge in [0.15, 0.2) is 5.78 Å². The van der Waals surface area contributed by atoms with Crippen LogP contribution < -0.4 is 4.90 Å². The van der Waals surface area contributed by atoms with Gasteiger partial charge in [-0.05, 0) is 32.9 Å². The van der Waals surface area contributed by atoms with Crippen LogP contribution >= 0.6 is 0 Å². The summed E-state index contributed by atoms with van der Waals surface area (Å²) in [5.74, 6) is -0.182. The van der Waals surface area contributed by atoms with Gasteiger partial charge in [-0.1, -0.05) is 0 Å². The molecule has 1 aliphatic rings. The second-order valence-electron chi connectivity index (χ2n) is 5.70. The number of phenols is 1. The van der Waals surface area contributed by atoms with Crippen LogP contribution in [0.2, 0.25) is 0 Å². The minimum absolute atomic E-state index is 0.0406. The van der Waals surface area contributed by atoms with Crippen LogP contribution in [0.25, 0.3) is 0 Å². The predicted octanol–water partition coefficient (Wildman–Crippen LogP) is 1.65.